The van der Waals surface area contributed by atoms with Crippen LogP contribution in [0.2, 0.25) is 0 Å². The van der Waals surface area contributed by atoms with E-state index < -0.39 is 11.8 Å². The van der Waals surface area contributed by atoms with Crippen molar-refractivity contribution in [3.05, 3.63) is 47.4 Å². The van der Waals surface area contributed by atoms with Gasteiger partial charge in [0.15, 0.2) is 11.5 Å². The number of hydrogen-bond donors (Lipinski definition) is 1. The molecule has 0 aliphatic heterocycles. The Bertz CT molecular complexity index is 625. The molecule has 0 atom stereocenters. The van der Waals surface area contributed by atoms with Crippen LogP contribution in [0, 0.1) is 0 Å². The van der Waals surface area contributed by atoms with Gasteiger partial charge in [0.1, 0.15) is 5.82 Å². The number of aromatic nitrogens is 2. The van der Waals surface area contributed by atoms with E-state index in [0.29, 0.717) is 11.6 Å². The zero-order valence-corrected chi connectivity index (χ0v) is 11.5. The van der Waals surface area contributed by atoms with Crippen LogP contribution < -0.4 is 0 Å². The molecule has 0 aromatic carbocycles. The third kappa shape index (κ3) is 3.05. The molecule has 2 aromatic heterocycles. The van der Waals surface area contributed by atoms with Gasteiger partial charge in [0, 0.05) is 6.20 Å². The van der Waals surface area contributed by atoms with E-state index in [1.54, 1.807) is 17.8 Å². The van der Waals surface area contributed by atoms with E-state index in [2.05, 4.69) is 9.97 Å². The number of ketones is 1. The van der Waals surface area contributed by atoms with Crippen molar-refractivity contribution in [2.24, 2.45) is 0 Å². The average molecular weight is 292 g/mol. The Morgan fingerprint density at radius 3 is 2.85 bits per heavy atom. The van der Waals surface area contributed by atoms with Gasteiger partial charge in [-0.2, -0.15) is 11.8 Å². The van der Waals surface area contributed by atoms with Gasteiger partial charge in [-0.05, 0) is 17.9 Å². The smallest absolute Gasteiger partial charge is 0.355 e. The van der Waals surface area contributed by atoms with Crippen LogP contribution >= 0.6 is 11.8 Å². The zero-order chi connectivity index (χ0) is 14.5. The topological polar surface area (TPSA) is 93.3 Å². The van der Waals surface area contributed by atoms with Gasteiger partial charge in [-0.3, -0.25) is 4.79 Å². The molecule has 0 saturated carbocycles. The summed E-state index contributed by atoms with van der Waals surface area (Å²) in [6.07, 6.45) is 2.59. The molecule has 0 aliphatic carbocycles. The number of thioether (sulfide) groups is 1. The summed E-state index contributed by atoms with van der Waals surface area (Å²) in [4.78, 5) is 31.3. The zero-order valence-electron chi connectivity index (χ0n) is 10.7. The summed E-state index contributed by atoms with van der Waals surface area (Å²) in [5.74, 6) is 0.0365. The number of carbonyl (C=O) groups is 2. The minimum atomic E-state index is -1.26. The third-order valence-corrected chi connectivity index (χ3v) is 3.34. The highest BCUT2D eigenvalue weighted by atomic mass is 32.2. The van der Waals surface area contributed by atoms with E-state index in [4.69, 9.17) is 4.42 Å². The van der Waals surface area contributed by atoms with Gasteiger partial charge >= 0.3 is 5.97 Å². The molecule has 0 unspecified atom stereocenters. The van der Waals surface area contributed by atoms with Crippen molar-refractivity contribution in [3.8, 4) is 0 Å². The molecule has 6 nitrogen and oxygen atoms in total. The molecule has 20 heavy (non-hydrogen) atoms. The monoisotopic (exact) mass is 292 g/mol. The summed E-state index contributed by atoms with van der Waals surface area (Å²) in [5.41, 5.74) is -0.370. The van der Waals surface area contributed by atoms with E-state index in [1.165, 1.54) is 18.5 Å². The molecular weight excluding hydrogens is 280 g/mol. The Balaban J connectivity index is 2.37. The summed E-state index contributed by atoms with van der Waals surface area (Å²) in [6, 6.07) is 3.02. The number of furan rings is 1. The highest BCUT2D eigenvalue weighted by Gasteiger charge is 2.22. The van der Waals surface area contributed by atoms with Gasteiger partial charge in [0.05, 0.1) is 17.6 Å². The molecule has 0 aliphatic rings. The highest BCUT2D eigenvalue weighted by Crippen LogP contribution is 2.15. The van der Waals surface area contributed by atoms with Crippen LogP contribution in [0.15, 0.2) is 29.0 Å². The summed E-state index contributed by atoms with van der Waals surface area (Å²) in [6.45, 7) is 1.98. The number of hydrogen-bond acceptors (Lipinski definition) is 6. The number of carboxylic acids is 1. The minimum Gasteiger partial charge on any atom is -0.476 e. The molecule has 2 heterocycles. The molecular formula is C13H12N2O4S. The predicted octanol–water partition coefficient (Wildman–Crippen LogP) is 2.25. The molecule has 2 rings (SSSR count). The van der Waals surface area contributed by atoms with Gasteiger partial charge in [-0.1, -0.05) is 6.92 Å². The summed E-state index contributed by atoms with van der Waals surface area (Å²) >= 11 is 1.57. The van der Waals surface area contributed by atoms with Crippen molar-refractivity contribution in [2.45, 2.75) is 12.7 Å². The first-order chi connectivity index (χ1) is 9.63. The number of rotatable bonds is 6. The van der Waals surface area contributed by atoms with Gasteiger partial charge in [0.2, 0.25) is 5.78 Å². The van der Waals surface area contributed by atoms with Crippen molar-refractivity contribution in [1.29, 1.82) is 0 Å². The van der Waals surface area contributed by atoms with Crippen molar-refractivity contribution < 1.29 is 19.1 Å². The third-order valence-electron chi connectivity index (χ3n) is 2.47. The summed E-state index contributed by atoms with van der Waals surface area (Å²) < 4.78 is 4.98. The SMILES string of the molecule is CCSCc1ncc(C(=O)c2ccco2)c(C(=O)O)n1. The Morgan fingerprint density at radius 1 is 1.45 bits per heavy atom. The first-order valence-corrected chi connectivity index (χ1v) is 7.04. The van der Waals surface area contributed by atoms with Gasteiger partial charge in [0.25, 0.3) is 0 Å². The van der Waals surface area contributed by atoms with Crippen LogP contribution in [0.3, 0.4) is 0 Å². The van der Waals surface area contributed by atoms with Gasteiger partial charge in [-0.25, -0.2) is 14.8 Å². The van der Waals surface area contributed by atoms with E-state index in [9.17, 15) is 14.7 Å². The lowest BCUT2D eigenvalue weighted by atomic mass is 10.1. The van der Waals surface area contributed by atoms with E-state index in [1.807, 2.05) is 6.92 Å². The highest BCUT2D eigenvalue weighted by molar-refractivity contribution is 7.98. The molecule has 0 radical (unpaired) electrons. The van der Waals surface area contributed by atoms with Gasteiger partial charge < -0.3 is 9.52 Å². The largest absolute Gasteiger partial charge is 0.476 e. The molecule has 0 saturated heterocycles. The first-order valence-electron chi connectivity index (χ1n) is 5.88. The molecule has 0 bridgehead atoms. The van der Waals surface area contributed by atoms with Crippen LogP contribution in [-0.4, -0.2) is 32.6 Å². The quantitative estimate of drug-likeness (QED) is 0.816. The van der Waals surface area contributed by atoms with Crippen LogP contribution in [0.5, 0.6) is 0 Å². The summed E-state index contributed by atoms with van der Waals surface area (Å²) in [5, 5.41) is 9.18. The molecule has 0 fully saturated rings. The molecule has 2 aromatic rings. The Kier molecular flexibility index (Phi) is 4.52. The van der Waals surface area contributed by atoms with Crippen LogP contribution in [0.4, 0.5) is 0 Å². The van der Waals surface area contributed by atoms with Crippen LogP contribution in [0.1, 0.15) is 39.4 Å². The van der Waals surface area contributed by atoms with E-state index in [0.717, 1.165) is 5.75 Å². The molecule has 0 spiro atoms. The molecule has 104 valence electrons. The van der Waals surface area contributed by atoms with Gasteiger partial charge in [-0.15, -0.1) is 0 Å². The Hall–Kier alpha value is -2.15. The molecule has 0 amide bonds. The van der Waals surface area contributed by atoms with Crippen molar-refractivity contribution in [2.75, 3.05) is 5.75 Å². The maximum absolute atomic E-state index is 12.1. The fourth-order valence-electron chi connectivity index (χ4n) is 1.55. The number of carboxylic acid groups (broad SMARTS) is 1. The summed E-state index contributed by atoms with van der Waals surface area (Å²) in [7, 11) is 0. The maximum atomic E-state index is 12.1. The minimum absolute atomic E-state index is 0.0618. The first kappa shape index (κ1) is 14.3. The van der Waals surface area contributed by atoms with Crippen molar-refractivity contribution >= 4 is 23.5 Å². The Labute approximate surface area is 119 Å². The fourth-order valence-corrected chi connectivity index (χ4v) is 2.08. The Morgan fingerprint density at radius 2 is 2.25 bits per heavy atom. The lowest BCUT2D eigenvalue weighted by Crippen LogP contribution is -2.14. The lowest BCUT2D eigenvalue weighted by molar-refractivity contribution is 0.0685. The lowest BCUT2D eigenvalue weighted by Gasteiger charge is -2.05. The average Bonchev–Trinajstić information content (AvgIpc) is 2.98. The van der Waals surface area contributed by atoms with E-state index in [-0.39, 0.29) is 17.0 Å². The molecule has 7 heteroatoms. The predicted molar refractivity (Wildman–Crippen MR) is 73.0 cm³/mol. The fraction of sp³-hybridized carbons (Fsp3) is 0.231. The number of carbonyl (C=O) groups excluding carboxylic acids is 1. The number of aromatic carboxylic acids is 1. The standard InChI is InChI=1S/C13H12N2O4S/c1-2-20-7-10-14-6-8(11(15-10)13(17)18)12(16)9-4-3-5-19-9/h3-6H,2,7H2,1H3,(H,17,18). The van der Waals surface area contributed by atoms with E-state index >= 15 is 0 Å². The normalized spacial score (nSPS) is 10.4. The second-order valence-corrected chi connectivity index (χ2v) is 5.07. The second-order valence-electron chi connectivity index (χ2n) is 3.80. The van der Waals surface area contributed by atoms with Crippen molar-refractivity contribution in [1.82, 2.24) is 9.97 Å². The second kappa shape index (κ2) is 6.33. The molecule has 1 N–H and O–H groups in total. The van der Waals surface area contributed by atoms with Crippen LogP contribution in [0.25, 0.3) is 0 Å². The van der Waals surface area contributed by atoms with Crippen LogP contribution in [-0.2, 0) is 5.75 Å². The number of nitrogens with zero attached hydrogens (tertiary/aromatic N) is 2. The maximum Gasteiger partial charge on any atom is 0.355 e. The van der Waals surface area contributed by atoms with Crippen molar-refractivity contribution in [3.63, 3.8) is 0 Å².